The van der Waals surface area contributed by atoms with E-state index in [1.54, 1.807) is 6.07 Å². The molecule has 1 heterocycles. The van der Waals surface area contributed by atoms with E-state index in [1.807, 2.05) is 0 Å². The molecule has 0 bridgehead atoms. The van der Waals surface area contributed by atoms with Crippen molar-refractivity contribution in [3.8, 4) is 0 Å². The lowest BCUT2D eigenvalue weighted by Crippen LogP contribution is -2.89. The van der Waals surface area contributed by atoms with Gasteiger partial charge < -0.3 is 10.2 Å². The zero-order valence-electron chi connectivity index (χ0n) is 8.73. The maximum atomic E-state index is 10.6. The summed E-state index contributed by atoms with van der Waals surface area (Å²) in [6.45, 7) is 3.93. The van der Waals surface area contributed by atoms with Crippen molar-refractivity contribution in [2.45, 2.75) is 0 Å². The van der Waals surface area contributed by atoms with Crippen LogP contribution in [0.1, 0.15) is 0 Å². The minimum absolute atomic E-state index is 0.0392. The summed E-state index contributed by atoms with van der Waals surface area (Å²) < 4.78 is 0. The zero-order chi connectivity index (χ0) is 11.5. The lowest BCUT2D eigenvalue weighted by atomic mass is 10.2. The fourth-order valence-corrected chi connectivity index (χ4v) is 2.15. The van der Waals surface area contributed by atoms with Gasteiger partial charge in [-0.2, -0.15) is 0 Å². The first-order valence-corrected chi connectivity index (χ1v) is 5.57. The number of quaternary nitrogens is 1. The van der Waals surface area contributed by atoms with E-state index in [9.17, 15) is 10.1 Å². The molecule has 1 fully saturated rings. The first kappa shape index (κ1) is 11.2. The summed E-state index contributed by atoms with van der Waals surface area (Å²) in [5.74, 6) is 0. The molecule has 1 aromatic carbocycles. The van der Waals surface area contributed by atoms with Gasteiger partial charge in [0.2, 0.25) is 0 Å². The predicted molar refractivity (Wildman–Crippen MR) is 62.0 cm³/mol. The Morgan fingerprint density at radius 3 is 2.62 bits per heavy atom. The van der Waals surface area contributed by atoms with Crippen LogP contribution >= 0.6 is 11.6 Å². The molecular formula is C10H13ClN3O2+. The minimum atomic E-state index is -0.431. The van der Waals surface area contributed by atoms with Crippen LogP contribution in [0.5, 0.6) is 0 Å². The van der Waals surface area contributed by atoms with E-state index < -0.39 is 4.92 Å². The molecule has 0 radical (unpaired) electrons. The van der Waals surface area contributed by atoms with Crippen molar-refractivity contribution < 1.29 is 10.2 Å². The average molecular weight is 243 g/mol. The van der Waals surface area contributed by atoms with Gasteiger partial charge in [-0.05, 0) is 6.07 Å². The summed E-state index contributed by atoms with van der Waals surface area (Å²) in [6.07, 6.45) is 0. The van der Waals surface area contributed by atoms with Gasteiger partial charge >= 0.3 is 0 Å². The van der Waals surface area contributed by atoms with Crippen molar-refractivity contribution in [2.24, 2.45) is 0 Å². The Morgan fingerprint density at radius 2 is 2.06 bits per heavy atom. The fourth-order valence-electron chi connectivity index (χ4n) is 1.86. The van der Waals surface area contributed by atoms with Gasteiger partial charge in [-0.1, -0.05) is 11.6 Å². The maximum absolute atomic E-state index is 10.6. The largest absolute Gasteiger partial charge is 0.359 e. The monoisotopic (exact) mass is 242 g/mol. The van der Waals surface area contributed by atoms with Gasteiger partial charge in [-0.3, -0.25) is 10.1 Å². The molecule has 1 aliphatic rings. The number of rotatable bonds is 2. The highest BCUT2D eigenvalue weighted by Crippen LogP contribution is 2.29. The van der Waals surface area contributed by atoms with Crippen LogP contribution in [0, 0.1) is 10.1 Å². The van der Waals surface area contributed by atoms with E-state index in [2.05, 4.69) is 10.2 Å². The number of hydrogen-bond donors (Lipinski definition) is 1. The Hall–Kier alpha value is -1.33. The first-order chi connectivity index (χ1) is 7.68. The number of nitro benzene ring substituents is 1. The van der Waals surface area contributed by atoms with E-state index in [0.717, 1.165) is 31.9 Å². The van der Waals surface area contributed by atoms with Gasteiger partial charge in [-0.15, -0.1) is 0 Å². The second-order valence-electron chi connectivity index (χ2n) is 3.75. The Kier molecular flexibility index (Phi) is 3.26. The lowest BCUT2D eigenvalue weighted by molar-refractivity contribution is -0.655. The van der Waals surface area contributed by atoms with Gasteiger partial charge in [0.15, 0.2) is 0 Å². The maximum Gasteiger partial charge on any atom is 0.271 e. The van der Waals surface area contributed by atoms with Crippen LogP contribution in [0.15, 0.2) is 18.2 Å². The zero-order valence-corrected chi connectivity index (χ0v) is 9.48. The third kappa shape index (κ3) is 2.25. The van der Waals surface area contributed by atoms with E-state index in [1.165, 1.54) is 12.1 Å². The molecule has 1 saturated heterocycles. The Balaban J connectivity index is 2.24. The number of nitrogens with two attached hydrogens (primary N) is 1. The number of anilines is 1. The van der Waals surface area contributed by atoms with Gasteiger partial charge in [0.1, 0.15) is 0 Å². The standard InChI is InChI=1S/C10H12ClN3O2/c11-9-7-8(14(15)16)1-2-10(9)13-5-3-12-4-6-13/h1-2,7,12H,3-6H2/p+1. The Morgan fingerprint density at radius 1 is 1.38 bits per heavy atom. The number of non-ortho nitro benzene ring substituents is 1. The molecule has 0 spiro atoms. The summed E-state index contributed by atoms with van der Waals surface area (Å²) in [5, 5.41) is 13.3. The summed E-state index contributed by atoms with van der Waals surface area (Å²) in [6, 6.07) is 4.64. The Bertz CT molecular complexity index is 405. The van der Waals surface area contributed by atoms with Crippen molar-refractivity contribution in [2.75, 3.05) is 31.1 Å². The predicted octanol–water partition coefficient (Wildman–Crippen LogP) is 0.632. The molecule has 0 aliphatic carbocycles. The third-order valence-corrected chi connectivity index (χ3v) is 2.99. The van der Waals surface area contributed by atoms with Crippen molar-refractivity contribution in [1.29, 1.82) is 0 Å². The molecule has 1 aromatic rings. The van der Waals surface area contributed by atoms with Gasteiger partial charge in [0.05, 0.1) is 41.8 Å². The van der Waals surface area contributed by atoms with Crippen molar-refractivity contribution in [1.82, 2.24) is 0 Å². The number of nitrogens with zero attached hydrogens (tertiary/aromatic N) is 2. The normalized spacial score (nSPS) is 16.2. The first-order valence-electron chi connectivity index (χ1n) is 5.19. The smallest absolute Gasteiger partial charge is 0.271 e. The molecule has 2 rings (SSSR count). The van der Waals surface area contributed by atoms with Crippen LogP contribution in [0.25, 0.3) is 0 Å². The quantitative estimate of drug-likeness (QED) is 0.611. The Labute approximate surface area is 98.2 Å². The highest BCUT2D eigenvalue weighted by molar-refractivity contribution is 6.33. The molecule has 0 unspecified atom stereocenters. The number of piperazine rings is 1. The van der Waals surface area contributed by atoms with E-state index in [4.69, 9.17) is 11.6 Å². The molecule has 2 N–H and O–H groups in total. The highest BCUT2D eigenvalue weighted by Gasteiger charge is 2.17. The molecule has 5 nitrogen and oxygen atoms in total. The molecule has 0 amide bonds. The topological polar surface area (TPSA) is 63.0 Å². The average Bonchev–Trinajstić information content (AvgIpc) is 2.30. The minimum Gasteiger partial charge on any atom is -0.359 e. The van der Waals surface area contributed by atoms with Crippen molar-refractivity contribution >= 4 is 23.0 Å². The van der Waals surface area contributed by atoms with Crippen molar-refractivity contribution in [3.63, 3.8) is 0 Å². The van der Waals surface area contributed by atoms with E-state index in [0.29, 0.717) is 5.02 Å². The fraction of sp³-hybridized carbons (Fsp3) is 0.400. The van der Waals surface area contributed by atoms with Crippen molar-refractivity contribution in [3.05, 3.63) is 33.3 Å². The van der Waals surface area contributed by atoms with Gasteiger partial charge in [0.25, 0.3) is 5.69 Å². The summed E-state index contributed by atoms with van der Waals surface area (Å²) in [5.41, 5.74) is 0.928. The van der Waals surface area contributed by atoms with Crippen LogP contribution in [0.4, 0.5) is 11.4 Å². The van der Waals surface area contributed by atoms with Gasteiger partial charge in [-0.25, -0.2) is 0 Å². The van der Waals surface area contributed by atoms with E-state index >= 15 is 0 Å². The summed E-state index contributed by atoms with van der Waals surface area (Å²) in [4.78, 5) is 12.3. The molecular weight excluding hydrogens is 230 g/mol. The van der Waals surface area contributed by atoms with Crippen LogP contribution in [-0.4, -0.2) is 31.1 Å². The number of nitro groups is 1. The van der Waals surface area contributed by atoms with Crippen LogP contribution < -0.4 is 10.2 Å². The number of hydrogen-bond acceptors (Lipinski definition) is 3. The second-order valence-corrected chi connectivity index (χ2v) is 4.15. The van der Waals surface area contributed by atoms with Crippen LogP contribution in [-0.2, 0) is 0 Å². The number of benzene rings is 1. The molecule has 0 aromatic heterocycles. The number of halogens is 1. The molecule has 1 aliphatic heterocycles. The highest BCUT2D eigenvalue weighted by atomic mass is 35.5. The van der Waals surface area contributed by atoms with Gasteiger partial charge in [0, 0.05) is 12.1 Å². The van der Waals surface area contributed by atoms with E-state index in [-0.39, 0.29) is 5.69 Å². The SMILES string of the molecule is O=[N+]([O-])c1ccc(N2CC[NH2+]CC2)c(Cl)c1. The second kappa shape index (κ2) is 4.67. The molecule has 0 saturated carbocycles. The molecule has 16 heavy (non-hydrogen) atoms. The summed E-state index contributed by atoms with van der Waals surface area (Å²) in [7, 11) is 0. The molecule has 86 valence electrons. The molecule has 6 heteroatoms. The molecule has 0 atom stereocenters. The summed E-state index contributed by atoms with van der Waals surface area (Å²) >= 11 is 6.05. The van der Waals surface area contributed by atoms with Crippen LogP contribution in [0.2, 0.25) is 5.02 Å². The lowest BCUT2D eigenvalue weighted by Gasteiger charge is -2.27. The third-order valence-electron chi connectivity index (χ3n) is 2.69. The van der Waals surface area contributed by atoms with Crippen LogP contribution in [0.3, 0.4) is 0 Å².